The maximum atomic E-state index is 10.9. The van der Waals surface area contributed by atoms with E-state index in [4.69, 9.17) is 14.6 Å². The number of aliphatic carboxylic acids is 1. The lowest BCUT2D eigenvalue weighted by atomic mass is 10.2. The second kappa shape index (κ2) is 3.87. The molecule has 0 aliphatic rings. The monoisotopic (exact) mass is 202 g/mol. The number of rotatable bonds is 4. The van der Waals surface area contributed by atoms with Gasteiger partial charge in [0.25, 0.3) is 0 Å². The van der Waals surface area contributed by atoms with Crippen molar-refractivity contribution in [3.8, 4) is 0 Å². The quantitative estimate of drug-likeness (QED) is 0.747. The standard InChI is InChI=1S/C8H10O4S/c1-11-8(12-2,7(9)10)6-4-3-5-13-6/h3-5H,1-2H3,(H,9,10). The third-order valence-electron chi connectivity index (χ3n) is 1.70. The third-order valence-corrected chi connectivity index (χ3v) is 2.65. The molecule has 0 aliphatic heterocycles. The first-order chi connectivity index (χ1) is 6.17. The molecule has 0 aliphatic carbocycles. The highest BCUT2D eigenvalue weighted by Crippen LogP contribution is 2.29. The second-order valence-electron chi connectivity index (χ2n) is 2.31. The lowest BCUT2D eigenvalue weighted by Gasteiger charge is -2.24. The SMILES string of the molecule is COC(OC)(C(=O)O)c1cccs1. The fourth-order valence-corrected chi connectivity index (χ4v) is 1.90. The third kappa shape index (κ3) is 1.58. The van der Waals surface area contributed by atoms with Gasteiger partial charge < -0.3 is 14.6 Å². The summed E-state index contributed by atoms with van der Waals surface area (Å²) in [7, 11) is 2.61. The Kier molecular flexibility index (Phi) is 3.02. The van der Waals surface area contributed by atoms with Crippen LogP contribution in [0.4, 0.5) is 0 Å². The van der Waals surface area contributed by atoms with Gasteiger partial charge in [-0.2, -0.15) is 0 Å². The summed E-state index contributed by atoms with van der Waals surface area (Å²) >= 11 is 1.28. The Morgan fingerprint density at radius 3 is 2.46 bits per heavy atom. The van der Waals surface area contributed by atoms with Crippen molar-refractivity contribution in [1.82, 2.24) is 0 Å². The predicted molar refractivity (Wildman–Crippen MR) is 47.7 cm³/mol. The molecule has 1 aromatic heterocycles. The van der Waals surface area contributed by atoms with Gasteiger partial charge in [0.15, 0.2) is 0 Å². The molecule has 1 aromatic rings. The van der Waals surface area contributed by atoms with Crippen molar-refractivity contribution in [3.63, 3.8) is 0 Å². The van der Waals surface area contributed by atoms with E-state index in [-0.39, 0.29) is 0 Å². The Labute approximate surface area is 79.7 Å². The molecule has 1 rings (SSSR count). The van der Waals surface area contributed by atoms with E-state index >= 15 is 0 Å². The smallest absolute Gasteiger partial charge is 0.370 e. The molecule has 0 aromatic carbocycles. The summed E-state index contributed by atoms with van der Waals surface area (Å²) in [6, 6.07) is 3.40. The molecule has 1 N–H and O–H groups in total. The summed E-state index contributed by atoms with van der Waals surface area (Å²) in [4.78, 5) is 11.5. The van der Waals surface area contributed by atoms with Crippen LogP contribution in [0.3, 0.4) is 0 Å². The van der Waals surface area contributed by atoms with Crippen LogP contribution in [-0.2, 0) is 20.1 Å². The fraction of sp³-hybridized carbons (Fsp3) is 0.375. The van der Waals surface area contributed by atoms with Gasteiger partial charge in [-0.1, -0.05) is 6.07 Å². The number of ether oxygens (including phenoxy) is 2. The summed E-state index contributed by atoms with van der Waals surface area (Å²) in [5.74, 6) is -2.81. The maximum Gasteiger partial charge on any atom is 0.370 e. The van der Waals surface area contributed by atoms with E-state index in [0.717, 1.165) is 0 Å². The van der Waals surface area contributed by atoms with Crippen molar-refractivity contribution in [2.45, 2.75) is 5.79 Å². The van der Waals surface area contributed by atoms with Crippen molar-refractivity contribution in [2.75, 3.05) is 14.2 Å². The summed E-state index contributed by atoms with van der Waals surface area (Å²) in [6.07, 6.45) is 0. The number of thiophene rings is 1. The van der Waals surface area contributed by atoms with E-state index in [1.807, 2.05) is 0 Å². The van der Waals surface area contributed by atoms with Gasteiger partial charge in [0.2, 0.25) is 0 Å². The van der Waals surface area contributed by atoms with Crippen LogP contribution in [0.1, 0.15) is 4.88 Å². The fourth-order valence-electron chi connectivity index (χ4n) is 1.03. The van der Waals surface area contributed by atoms with Crippen LogP contribution in [0, 0.1) is 0 Å². The lowest BCUT2D eigenvalue weighted by molar-refractivity contribution is -0.229. The van der Waals surface area contributed by atoms with Gasteiger partial charge >= 0.3 is 11.8 Å². The van der Waals surface area contributed by atoms with Crippen LogP contribution in [0.5, 0.6) is 0 Å². The van der Waals surface area contributed by atoms with E-state index in [9.17, 15) is 4.79 Å². The summed E-state index contributed by atoms with van der Waals surface area (Å²) in [5.41, 5.74) is 0. The molecule has 1 heterocycles. The molecule has 0 bridgehead atoms. The zero-order valence-corrected chi connectivity index (χ0v) is 8.13. The summed E-state index contributed by atoms with van der Waals surface area (Å²) in [6.45, 7) is 0. The van der Waals surface area contributed by atoms with Crippen LogP contribution >= 0.6 is 11.3 Å². The highest BCUT2D eigenvalue weighted by Gasteiger charge is 2.42. The zero-order valence-electron chi connectivity index (χ0n) is 7.31. The minimum absolute atomic E-state index is 0.519. The van der Waals surface area contributed by atoms with Crippen LogP contribution in [0.2, 0.25) is 0 Å². The maximum absolute atomic E-state index is 10.9. The Balaban J connectivity index is 3.11. The summed E-state index contributed by atoms with van der Waals surface area (Å²) in [5, 5.41) is 10.7. The Hall–Kier alpha value is -0.910. The predicted octanol–water partition coefficient (Wildman–Crippen LogP) is 1.28. The second-order valence-corrected chi connectivity index (χ2v) is 3.25. The van der Waals surface area contributed by atoms with E-state index in [1.165, 1.54) is 25.6 Å². The zero-order chi connectivity index (χ0) is 9.90. The number of methoxy groups -OCH3 is 2. The number of carbonyl (C=O) groups is 1. The Morgan fingerprint density at radius 2 is 2.15 bits per heavy atom. The van der Waals surface area contributed by atoms with E-state index < -0.39 is 11.8 Å². The number of hydrogen-bond donors (Lipinski definition) is 1. The molecule has 0 amide bonds. The normalized spacial score (nSPS) is 11.5. The van der Waals surface area contributed by atoms with Gasteiger partial charge in [0.05, 0.1) is 4.88 Å². The first-order valence-electron chi connectivity index (χ1n) is 3.55. The van der Waals surface area contributed by atoms with Crippen LogP contribution < -0.4 is 0 Å². The molecule has 5 heteroatoms. The topological polar surface area (TPSA) is 55.8 Å². The van der Waals surface area contributed by atoms with E-state index in [1.54, 1.807) is 17.5 Å². The van der Waals surface area contributed by atoms with Gasteiger partial charge in [-0.25, -0.2) is 4.79 Å². The Morgan fingerprint density at radius 1 is 1.54 bits per heavy atom. The summed E-state index contributed by atoms with van der Waals surface area (Å²) < 4.78 is 9.76. The average Bonchev–Trinajstić information content (AvgIpc) is 2.60. The molecule has 0 saturated carbocycles. The van der Waals surface area contributed by atoms with Crippen LogP contribution in [0.15, 0.2) is 17.5 Å². The number of carboxylic acids is 1. The minimum Gasteiger partial charge on any atom is -0.477 e. The van der Waals surface area contributed by atoms with Gasteiger partial charge in [-0.15, -0.1) is 11.3 Å². The molecular weight excluding hydrogens is 192 g/mol. The molecule has 0 spiro atoms. The molecule has 72 valence electrons. The molecule has 4 nitrogen and oxygen atoms in total. The molecule has 0 fully saturated rings. The molecular formula is C8H10O4S. The average molecular weight is 202 g/mol. The minimum atomic E-state index is -1.66. The Bertz CT molecular complexity index is 276. The van der Waals surface area contributed by atoms with Gasteiger partial charge in [-0.05, 0) is 11.4 Å². The van der Waals surface area contributed by atoms with Crippen molar-refractivity contribution >= 4 is 17.3 Å². The van der Waals surface area contributed by atoms with Crippen molar-refractivity contribution in [3.05, 3.63) is 22.4 Å². The lowest BCUT2D eigenvalue weighted by Crippen LogP contribution is -2.38. The van der Waals surface area contributed by atoms with E-state index in [0.29, 0.717) is 4.88 Å². The molecule has 13 heavy (non-hydrogen) atoms. The van der Waals surface area contributed by atoms with Crippen molar-refractivity contribution < 1.29 is 19.4 Å². The van der Waals surface area contributed by atoms with Gasteiger partial charge in [-0.3, -0.25) is 0 Å². The first-order valence-corrected chi connectivity index (χ1v) is 4.43. The van der Waals surface area contributed by atoms with Crippen molar-refractivity contribution in [1.29, 1.82) is 0 Å². The van der Waals surface area contributed by atoms with Crippen LogP contribution in [-0.4, -0.2) is 25.3 Å². The van der Waals surface area contributed by atoms with E-state index in [2.05, 4.69) is 0 Å². The van der Waals surface area contributed by atoms with Crippen LogP contribution in [0.25, 0.3) is 0 Å². The first kappa shape index (κ1) is 10.2. The number of carboxylic acid groups (broad SMARTS) is 1. The molecule has 0 saturated heterocycles. The molecule has 0 radical (unpaired) electrons. The number of hydrogen-bond acceptors (Lipinski definition) is 4. The van der Waals surface area contributed by atoms with Gasteiger partial charge in [0, 0.05) is 14.2 Å². The van der Waals surface area contributed by atoms with Crippen molar-refractivity contribution in [2.24, 2.45) is 0 Å². The largest absolute Gasteiger partial charge is 0.477 e. The molecule has 0 atom stereocenters. The molecule has 0 unspecified atom stereocenters. The highest BCUT2D eigenvalue weighted by atomic mass is 32.1. The van der Waals surface area contributed by atoms with Gasteiger partial charge in [0.1, 0.15) is 0 Å². The highest BCUT2D eigenvalue weighted by molar-refractivity contribution is 7.10.